The molecule has 1 aromatic heterocycles. The predicted molar refractivity (Wildman–Crippen MR) is 54.5 cm³/mol. The third-order valence-corrected chi connectivity index (χ3v) is 1.53. The fourth-order valence-corrected chi connectivity index (χ4v) is 1.06. The Bertz CT molecular complexity index is 281. The van der Waals surface area contributed by atoms with Crippen molar-refractivity contribution in [2.24, 2.45) is 5.73 Å². The smallest absolute Gasteiger partial charge is 0.156 e. The summed E-state index contributed by atoms with van der Waals surface area (Å²) in [4.78, 5) is 8.21. The molecule has 1 atom stereocenters. The average Bonchev–Trinajstić information content (AvgIpc) is 2.01. The fraction of sp³-hybridized carbons (Fsp3) is 0.556. The second-order valence-corrected chi connectivity index (χ2v) is 3.34. The molecule has 0 bridgehead atoms. The van der Waals surface area contributed by atoms with Crippen molar-refractivity contribution in [1.82, 2.24) is 9.97 Å². The van der Waals surface area contributed by atoms with E-state index in [0.717, 1.165) is 5.69 Å². The molecule has 0 aliphatic rings. The van der Waals surface area contributed by atoms with Gasteiger partial charge in [0.2, 0.25) is 0 Å². The van der Waals surface area contributed by atoms with Crippen molar-refractivity contribution >= 4 is 5.82 Å². The van der Waals surface area contributed by atoms with Crippen LogP contribution in [0.15, 0.2) is 6.07 Å². The quantitative estimate of drug-likeness (QED) is 0.719. The Morgan fingerprint density at radius 1 is 1.50 bits per heavy atom. The van der Waals surface area contributed by atoms with Gasteiger partial charge in [0.15, 0.2) is 5.82 Å². The summed E-state index contributed by atoms with van der Waals surface area (Å²) >= 11 is 0. The lowest BCUT2D eigenvalue weighted by atomic mass is 10.4. The van der Waals surface area contributed by atoms with Crippen LogP contribution in [0.4, 0.5) is 5.82 Å². The highest BCUT2D eigenvalue weighted by Crippen LogP contribution is 2.02. The Morgan fingerprint density at radius 2 is 2.21 bits per heavy atom. The topological polar surface area (TPSA) is 87.0 Å². The Kier molecular flexibility index (Phi) is 3.79. The van der Waals surface area contributed by atoms with Crippen LogP contribution in [0.3, 0.4) is 0 Å². The van der Waals surface area contributed by atoms with Crippen LogP contribution in [0.25, 0.3) is 0 Å². The molecule has 1 heterocycles. The summed E-state index contributed by atoms with van der Waals surface area (Å²) in [6.07, 6.45) is 0. The van der Waals surface area contributed by atoms with E-state index in [0.29, 0.717) is 24.9 Å². The molecule has 0 aliphatic heterocycles. The summed E-state index contributed by atoms with van der Waals surface area (Å²) in [7, 11) is 0. The summed E-state index contributed by atoms with van der Waals surface area (Å²) in [5.74, 6) is 1.07. The molecule has 0 saturated heterocycles. The van der Waals surface area contributed by atoms with E-state index in [1.807, 2.05) is 13.8 Å². The number of ether oxygens (including phenoxy) is 1. The lowest BCUT2D eigenvalue weighted by molar-refractivity contribution is 0.106. The predicted octanol–water partition coefficient (Wildman–Crippen LogP) is 0.231. The molecule has 1 rings (SSSR count). The van der Waals surface area contributed by atoms with Crippen LogP contribution in [0.1, 0.15) is 18.4 Å². The maximum atomic E-state index is 5.56. The molecule has 0 spiro atoms. The number of hydrogen-bond donors (Lipinski definition) is 2. The Balaban J connectivity index is 2.50. The first-order valence-electron chi connectivity index (χ1n) is 4.51. The van der Waals surface area contributed by atoms with Crippen LogP contribution >= 0.6 is 0 Å². The van der Waals surface area contributed by atoms with Crippen molar-refractivity contribution in [1.29, 1.82) is 0 Å². The number of aromatic nitrogens is 2. The van der Waals surface area contributed by atoms with Gasteiger partial charge in [0.05, 0.1) is 6.61 Å². The molecular weight excluding hydrogens is 180 g/mol. The molecule has 0 fully saturated rings. The summed E-state index contributed by atoms with van der Waals surface area (Å²) < 4.78 is 5.29. The molecule has 14 heavy (non-hydrogen) atoms. The molecule has 5 heteroatoms. The Hall–Kier alpha value is -1.20. The van der Waals surface area contributed by atoms with Crippen LogP contribution in [0.5, 0.6) is 0 Å². The maximum absolute atomic E-state index is 5.56. The minimum absolute atomic E-state index is 0.0251. The number of aryl methyl sites for hydroxylation is 1. The summed E-state index contributed by atoms with van der Waals surface area (Å²) in [5, 5.41) is 0. The third kappa shape index (κ3) is 3.68. The number of nitrogen functional groups attached to an aromatic ring is 1. The number of hydrogen-bond acceptors (Lipinski definition) is 5. The second kappa shape index (κ2) is 4.88. The van der Waals surface area contributed by atoms with E-state index in [2.05, 4.69) is 9.97 Å². The summed E-state index contributed by atoms with van der Waals surface area (Å²) in [6, 6.07) is 1.74. The van der Waals surface area contributed by atoms with Gasteiger partial charge in [0, 0.05) is 17.8 Å². The molecule has 0 unspecified atom stereocenters. The van der Waals surface area contributed by atoms with Gasteiger partial charge < -0.3 is 16.2 Å². The maximum Gasteiger partial charge on any atom is 0.156 e. The number of rotatable bonds is 4. The van der Waals surface area contributed by atoms with Crippen LogP contribution in [0.2, 0.25) is 0 Å². The van der Waals surface area contributed by atoms with E-state index < -0.39 is 0 Å². The van der Waals surface area contributed by atoms with E-state index in [1.165, 1.54) is 0 Å². The Morgan fingerprint density at radius 3 is 2.79 bits per heavy atom. The summed E-state index contributed by atoms with van der Waals surface area (Å²) in [5.41, 5.74) is 11.9. The normalized spacial score (nSPS) is 12.8. The number of nitrogens with two attached hydrogens (primary N) is 2. The van der Waals surface area contributed by atoms with Crippen LogP contribution in [-0.4, -0.2) is 22.6 Å². The van der Waals surface area contributed by atoms with Gasteiger partial charge in [-0.05, 0) is 13.8 Å². The van der Waals surface area contributed by atoms with Gasteiger partial charge in [-0.2, -0.15) is 0 Å². The van der Waals surface area contributed by atoms with E-state index in [4.69, 9.17) is 16.2 Å². The SMILES string of the molecule is Cc1cc(N)nc(COC[C@@H](C)N)n1. The van der Waals surface area contributed by atoms with Crippen molar-refractivity contribution < 1.29 is 4.74 Å². The molecular formula is C9H16N4O. The van der Waals surface area contributed by atoms with Gasteiger partial charge in [-0.3, -0.25) is 0 Å². The van der Waals surface area contributed by atoms with E-state index in [1.54, 1.807) is 6.07 Å². The fourth-order valence-electron chi connectivity index (χ4n) is 1.06. The van der Waals surface area contributed by atoms with Crippen LogP contribution < -0.4 is 11.5 Å². The summed E-state index contributed by atoms with van der Waals surface area (Å²) in [6.45, 7) is 4.60. The molecule has 0 radical (unpaired) electrons. The van der Waals surface area contributed by atoms with E-state index in [9.17, 15) is 0 Å². The standard InChI is InChI=1S/C9H16N4O/c1-6(10)4-14-5-9-12-7(2)3-8(11)13-9/h3,6H,4-5,10H2,1-2H3,(H2,11,12,13)/t6-/m1/s1. The number of anilines is 1. The highest BCUT2D eigenvalue weighted by molar-refractivity contribution is 5.28. The van der Waals surface area contributed by atoms with Crippen LogP contribution in [0, 0.1) is 6.92 Å². The van der Waals surface area contributed by atoms with Crippen molar-refractivity contribution in [2.45, 2.75) is 26.5 Å². The van der Waals surface area contributed by atoms with Gasteiger partial charge in [0.1, 0.15) is 12.4 Å². The zero-order valence-electron chi connectivity index (χ0n) is 8.53. The van der Waals surface area contributed by atoms with Gasteiger partial charge in [-0.25, -0.2) is 9.97 Å². The van der Waals surface area contributed by atoms with Gasteiger partial charge in [-0.1, -0.05) is 0 Å². The zero-order chi connectivity index (χ0) is 10.6. The molecule has 0 aliphatic carbocycles. The second-order valence-electron chi connectivity index (χ2n) is 3.34. The molecule has 0 saturated carbocycles. The Labute approximate surface area is 83.5 Å². The first-order valence-corrected chi connectivity index (χ1v) is 4.51. The molecule has 4 N–H and O–H groups in total. The average molecular weight is 196 g/mol. The highest BCUT2D eigenvalue weighted by atomic mass is 16.5. The van der Waals surface area contributed by atoms with Crippen molar-refractivity contribution in [3.05, 3.63) is 17.6 Å². The molecule has 78 valence electrons. The molecule has 0 aromatic carbocycles. The van der Waals surface area contributed by atoms with Crippen molar-refractivity contribution in [2.75, 3.05) is 12.3 Å². The lowest BCUT2D eigenvalue weighted by Crippen LogP contribution is -2.22. The first kappa shape index (κ1) is 10.9. The lowest BCUT2D eigenvalue weighted by Gasteiger charge is -2.06. The van der Waals surface area contributed by atoms with Gasteiger partial charge in [-0.15, -0.1) is 0 Å². The monoisotopic (exact) mass is 196 g/mol. The van der Waals surface area contributed by atoms with Gasteiger partial charge in [0.25, 0.3) is 0 Å². The minimum atomic E-state index is 0.0251. The number of nitrogens with zero attached hydrogens (tertiary/aromatic N) is 2. The van der Waals surface area contributed by atoms with E-state index in [-0.39, 0.29) is 6.04 Å². The van der Waals surface area contributed by atoms with Crippen molar-refractivity contribution in [3.8, 4) is 0 Å². The highest BCUT2D eigenvalue weighted by Gasteiger charge is 2.01. The molecule has 0 amide bonds. The van der Waals surface area contributed by atoms with E-state index >= 15 is 0 Å². The molecule has 5 nitrogen and oxygen atoms in total. The largest absolute Gasteiger partial charge is 0.384 e. The first-order chi connectivity index (χ1) is 6.58. The van der Waals surface area contributed by atoms with Crippen molar-refractivity contribution in [3.63, 3.8) is 0 Å². The minimum Gasteiger partial charge on any atom is -0.384 e. The zero-order valence-corrected chi connectivity index (χ0v) is 8.53. The van der Waals surface area contributed by atoms with Gasteiger partial charge >= 0.3 is 0 Å². The van der Waals surface area contributed by atoms with Crippen LogP contribution in [-0.2, 0) is 11.3 Å². The molecule has 1 aromatic rings. The third-order valence-electron chi connectivity index (χ3n) is 1.53.